The van der Waals surface area contributed by atoms with Gasteiger partial charge < -0.3 is 15.1 Å². The van der Waals surface area contributed by atoms with Crippen LogP contribution in [-0.2, 0) is 4.79 Å². The molecule has 0 bridgehead atoms. The Kier molecular flexibility index (Phi) is 3.74. The molecule has 0 aromatic carbocycles. The third-order valence-electron chi connectivity index (χ3n) is 3.27. The molecule has 0 spiro atoms. The van der Waals surface area contributed by atoms with Crippen LogP contribution in [0.25, 0.3) is 0 Å². The molecule has 6 nitrogen and oxygen atoms in total. The number of hydrogen-bond acceptors (Lipinski definition) is 5. The van der Waals surface area contributed by atoms with Gasteiger partial charge >= 0.3 is 0 Å². The first-order valence-electron chi connectivity index (χ1n) is 6.73. The maximum Gasteiger partial charge on any atom is 0.255 e. The molecule has 2 N–H and O–H groups in total. The summed E-state index contributed by atoms with van der Waals surface area (Å²) in [6, 6.07) is 0.892. The molecule has 7 heteroatoms. The normalized spacial score (nSPS) is 15.5. The number of carbonyl (C=O) groups is 2. The van der Waals surface area contributed by atoms with Gasteiger partial charge in [0.1, 0.15) is 12.3 Å². The van der Waals surface area contributed by atoms with Crippen LogP contribution in [0.2, 0.25) is 0 Å². The van der Waals surface area contributed by atoms with E-state index in [0.717, 1.165) is 5.69 Å². The van der Waals surface area contributed by atoms with Gasteiger partial charge in [-0.15, -0.1) is 11.3 Å². The van der Waals surface area contributed by atoms with Gasteiger partial charge in [-0.3, -0.25) is 9.59 Å². The number of aromatic nitrogens is 1. The summed E-state index contributed by atoms with van der Waals surface area (Å²) >= 11 is 1.41. The van der Waals surface area contributed by atoms with Gasteiger partial charge in [0.15, 0.2) is 5.13 Å². The summed E-state index contributed by atoms with van der Waals surface area (Å²) in [6.45, 7) is 1.63. The molecule has 0 unspecified atom stereocenters. The molecular formula is C14H15N3O3S. The number of carbonyl (C=O) groups excluding carboxylic acids is 2. The van der Waals surface area contributed by atoms with E-state index in [1.54, 1.807) is 13.0 Å². The zero-order valence-electron chi connectivity index (χ0n) is 11.5. The number of furan rings is 1. The Balaban J connectivity index is 1.55. The van der Waals surface area contributed by atoms with Gasteiger partial charge in [0.05, 0.1) is 17.5 Å². The van der Waals surface area contributed by atoms with Gasteiger partial charge in [-0.25, -0.2) is 4.98 Å². The monoisotopic (exact) mass is 305 g/mol. The van der Waals surface area contributed by atoms with Crippen LogP contribution in [0.3, 0.4) is 0 Å². The Hall–Kier alpha value is -2.15. The first kappa shape index (κ1) is 13.8. The van der Waals surface area contributed by atoms with Crippen LogP contribution in [0.1, 0.15) is 41.7 Å². The maximum atomic E-state index is 12.0. The molecule has 1 aliphatic carbocycles. The Morgan fingerprint density at radius 2 is 2.29 bits per heavy atom. The maximum absolute atomic E-state index is 12.0. The predicted molar refractivity (Wildman–Crippen MR) is 78.4 cm³/mol. The van der Waals surface area contributed by atoms with Crippen molar-refractivity contribution < 1.29 is 14.0 Å². The second kappa shape index (κ2) is 5.69. The lowest BCUT2D eigenvalue weighted by Gasteiger charge is -2.12. The largest absolute Gasteiger partial charge is 0.472 e. The molecule has 1 aliphatic rings. The molecule has 2 heterocycles. The molecule has 0 saturated heterocycles. The van der Waals surface area contributed by atoms with E-state index in [0.29, 0.717) is 16.6 Å². The van der Waals surface area contributed by atoms with E-state index in [9.17, 15) is 9.59 Å². The molecule has 1 saturated carbocycles. The molecule has 0 aliphatic heterocycles. The highest BCUT2D eigenvalue weighted by Crippen LogP contribution is 2.40. The van der Waals surface area contributed by atoms with Crippen molar-refractivity contribution in [2.24, 2.45) is 0 Å². The number of nitrogens with zero attached hydrogens (tertiary/aromatic N) is 1. The summed E-state index contributed by atoms with van der Waals surface area (Å²) in [5.41, 5.74) is 1.44. The SMILES string of the molecule is C[C@@H](NC(=O)c1ccoc1)C(=O)Nc1nc(C2CC2)cs1. The fraction of sp³-hybridized carbons (Fsp3) is 0.357. The smallest absolute Gasteiger partial charge is 0.255 e. The van der Waals surface area contributed by atoms with Gasteiger partial charge in [0, 0.05) is 11.3 Å². The van der Waals surface area contributed by atoms with E-state index in [1.807, 2.05) is 5.38 Å². The Labute approximate surface area is 125 Å². The summed E-state index contributed by atoms with van der Waals surface area (Å²) in [5.74, 6) is -0.0714. The topological polar surface area (TPSA) is 84.2 Å². The summed E-state index contributed by atoms with van der Waals surface area (Å²) in [6.07, 6.45) is 5.10. The highest BCUT2D eigenvalue weighted by Gasteiger charge is 2.26. The van der Waals surface area contributed by atoms with Crippen molar-refractivity contribution in [2.75, 3.05) is 5.32 Å². The van der Waals surface area contributed by atoms with Crippen molar-refractivity contribution in [1.29, 1.82) is 0 Å². The quantitative estimate of drug-likeness (QED) is 0.888. The Bertz CT molecular complexity index is 646. The molecule has 21 heavy (non-hydrogen) atoms. The van der Waals surface area contributed by atoms with E-state index >= 15 is 0 Å². The van der Waals surface area contributed by atoms with Crippen LogP contribution in [0, 0.1) is 0 Å². The summed E-state index contributed by atoms with van der Waals surface area (Å²) in [7, 11) is 0. The Morgan fingerprint density at radius 3 is 2.95 bits per heavy atom. The van der Waals surface area contributed by atoms with Crippen LogP contribution in [0.4, 0.5) is 5.13 Å². The molecule has 3 rings (SSSR count). The van der Waals surface area contributed by atoms with E-state index < -0.39 is 6.04 Å². The van der Waals surface area contributed by atoms with Gasteiger partial charge in [0.2, 0.25) is 5.91 Å². The standard InChI is InChI=1S/C14H15N3O3S/c1-8(15-13(19)10-4-5-20-6-10)12(18)17-14-16-11(7-21-14)9-2-3-9/h4-9H,2-3H2,1H3,(H,15,19)(H,16,17,18)/t8-/m1/s1. The van der Waals surface area contributed by atoms with Crippen LogP contribution >= 0.6 is 11.3 Å². The van der Waals surface area contributed by atoms with E-state index in [4.69, 9.17) is 4.42 Å². The zero-order valence-corrected chi connectivity index (χ0v) is 12.3. The van der Waals surface area contributed by atoms with Crippen molar-refractivity contribution in [3.63, 3.8) is 0 Å². The van der Waals surface area contributed by atoms with Gasteiger partial charge in [-0.2, -0.15) is 0 Å². The molecule has 0 radical (unpaired) electrons. The minimum Gasteiger partial charge on any atom is -0.472 e. The van der Waals surface area contributed by atoms with Crippen LogP contribution in [0.5, 0.6) is 0 Å². The van der Waals surface area contributed by atoms with Gasteiger partial charge in [-0.05, 0) is 25.8 Å². The number of amides is 2. The number of thiazole rings is 1. The number of rotatable bonds is 5. The number of anilines is 1. The van der Waals surface area contributed by atoms with Crippen molar-refractivity contribution in [3.05, 3.63) is 35.2 Å². The second-order valence-corrected chi connectivity index (χ2v) is 5.91. The van der Waals surface area contributed by atoms with E-state index in [2.05, 4.69) is 15.6 Å². The first-order chi connectivity index (χ1) is 10.1. The molecular weight excluding hydrogens is 290 g/mol. The van der Waals surface area contributed by atoms with E-state index in [-0.39, 0.29) is 11.8 Å². The molecule has 2 amide bonds. The van der Waals surface area contributed by atoms with Crippen LogP contribution in [0.15, 0.2) is 28.4 Å². The lowest BCUT2D eigenvalue weighted by atomic mass is 10.2. The minimum atomic E-state index is -0.652. The average Bonchev–Trinajstić information content (AvgIpc) is 2.99. The molecule has 2 aromatic rings. The average molecular weight is 305 g/mol. The molecule has 1 fully saturated rings. The summed E-state index contributed by atoms with van der Waals surface area (Å²) in [5, 5.41) is 7.89. The molecule has 110 valence electrons. The van der Waals surface area contributed by atoms with Crippen molar-refractivity contribution >= 4 is 28.3 Å². The third kappa shape index (κ3) is 3.30. The number of nitrogens with one attached hydrogen (secondary N) is 2. The van der Waals surface area contributed by atoms with Crippen molar-refractivity contribution in [2.45, 2.75) is 31.7 Å². The van der Waals surface area contributed by atoms with Crippen LogP contribution < -0.4 is 10.6 Å². The van der Waals surface area contributed by atoms with E-state index in [1.165, 1.54) is 36.7 Å². The predicted octanol–water partition coefficient (Wildman–Crippen LogP) is 2.37. The third-order valence-corrected chi connectivity index (χ3v) is 4.05. The Morgan fingerprint density at radius 1 is 1.48 bits per heavy atom. The molecule has 1 atom stereocenters. The lowest BCUT2D eigenvalue weighted by molar-refractivity contribution is -0.117. The zero-order chi connectivity index (χ0) is 14.8. The highest BCUT2D eigenvalue weighted by molar-refractivity contribution is 7.13. The van der Waals surface area contributed by atoms with Gasteiger partial charge in [0.25, 0.3) is 5.91 Å². The summed E-state index contributed by atoms with van der Waals surface area (Å²) < 4.78 is 4.83. The lowest BCUT2D eigenvalue weighted by Crippen LogP contribution is -2.41. The fourth-order valence-electron chi connectivity index (χ4n) is 1.86. The minimum absolute atomic E-state index is 0.288. The summed E-state index contributed by atoms with van der Waals surface area (Å²) in [4.78, 5) is 28.2. The van der Waals surface area contributed by atoms with Crippen LogP contribution in [-0.4, -0.2) is 22.8 Å². The fourth-order valence-corrected chi connectivity index (χ4v) is 2.66. The van der Waals surface area contributed by atoms with Gasteiger partial charge in [-0.1, -0.05) is 0 Å². The molecule has 2 aromatic heterocycles. The number of hydrogen-bond donors (Lipinski definition) is 2. The first-order valence-corrected chi connectivity index (χ1v) is 7.61. The van der Waals surface area contributed by atoms with Crippen molar-refractivity contribution in [3.8, 4) is 0 Å². The van der Waals surface area contributed by atoms with Crippen molar-refractivity contribution in [1.82, 2.24) is 10.3 Å². The highest BCUT2D eigenvalue weighted by atomic mass is 32.1. The second-order valence-electron chi connectivity index (χ2n) is 5.05.